The normalized spacial score (nSPS) is 23.7. The van der Waals surface area contributed by atoms with Crippen molar-refractivity contribution >= 4 is 5.97 Å². The largest absolute Gasteiger partial charge is 0.466 e. The Morgan fingerprint density at radius 3 is 1.97 bits per heavy atom. The first kappa shape index (κ1) is 28.8. The first-order valence-corrected chi connectivity index (χ1v) is 11.9. The Balaban J connectivity index is 1.86. The molecule has 0 saturated heterocycles. The highest BCUT2D eigenvalue weighted by molar-refractivity contribution is 5.81. The average Bonchev–Trinajstić information content (AvgIpc) is 2.86. The van der Waals surface area contributed by atoms with Gasteiger partial charge in [-0.05, 0) is 67.3 Å². The lowest BCUT2D eigenvalue weighted by Crippen LogP contribution is -2.39. The number of methoxy groups -OCH3 is 1. The predicted octanol–water partition coefficient (Wildman–Crippen LogP) is 8.05. The molecule has 0 unspecified atom stereocenters. The van der Waals surface area contributed by atoms with E-state index in [4.69, 9.17) is 4.74 Å². The van der Waals surface area contributed by atoms with Crippen LogP contribution >= 0.6 is 0 Å². The number of esters is 1. The predicted molar refractivity (Wildman–Crippen MR) is 127 cm³/mol. The zero-order chi connectivity index (χ0) is 27.5. The lowest BCUT2D eigenvalue weighted by Gasteiger charge is -2.44. The number of ether oxygens (including phenoxy) is 2. The Bertz CT molecular complexity index is 1060. The van der Waals surface area contributed by atoms with Crippen molar-refractivity contribution in [2.45, 2.75) is 63.4 Å². The van der Waals surface area contributed by atoms with Gasteiger partial charge in [-0.2, -0.15) is 26.3 Å². The SMILES string of the molecule is COC(=O)/C=C/C1(C)CCC(CO[C@H](C)c2cc(C(F)(F)F)cc(C(F)(F)F)c2)(c2ccccc2)CC1. The van der Waals surface area contributed by atoms with Crippen LogP contribution in [0.25, 0.3) is 0 Å². The van der Waals surface area contributed by atoms with Gasteiger partial charge in [0.1, 0.15) is 0 Å². The lowest BCUT2D eigenvalue weighted by atomic mass is 9.62. The van der Waals surface area contributed by atoms with Crippen LogP contribution in [-0.2, 0) is 32.0 Å². The van der Waals surface area contributed by atoms with Gasteiger partial charge >= 0.3 is 18.3 Å². The number of hydrogen-bond acceptors (Lipinski definition) is 3. The summed E-state index contributed by atoms with van der Waals surface area (Å²) in [6.45, 7) is 3.61. The van der Waals surface area contributed by atoms with Crippen molar-refractivity contribution < 1.29 is 40.6 Å². The molecule has 9 heteroatoms. The van der Waals surface area contributed by atoms with Gasteiger partial charge < -0.3 is 9.47 Å². The maximum atomic E-state index is 13.3. The number of hydrogen-bond donors (Lipinski definition) is 0. The molecule has 0 bridgehead atoms. The van der Waals surface area contributed by atoms with Gasteiger partial charge in [0.05, 0.1) is 30.9 Å². The van der Waals surface area contributed by atoms with Gasteiger partial charge in [0.15, 0.2) is 0 Å². The van der Waals surface area contributed by atoms with Crippen molar-refractivity contribution in [2.24, 2.45) is 5.41 Å². The van der Waals surface area contributed by atoms with Crippen molar-refractivity contribution in [3.63, 3.8) is 0 Å². The molecule has 1 fully saturated rings. The fourth-order valence-corrected chi connectivity index (χ4v) is 4.71. The minimum Gasteiger partial charge on any atom is -0.466 e. The highest BCUT2D eigenvalue weighted by Crippen LogP contribution is 2.48. The molecule has 0 radical (unpaired) electrons. The van der Waals surface area contributed by atoms with E-state index >= 15 is 0 Å². The second-order valence-corrected chi connectivity index (χ2v) is 9.95. The van der Waals surface area contributed by atoms with Gasteiger partial charge in [0, 0.05) is 11.5 Å². The van der Waals surface area contributed by atoms with Crippen LogP contribution in [0.4, 0.5) is 26.3 Å². The Hall–Kier alpha value is -2.81. The summed E-state index contributed by atoms with van der Waals surface area (Å²) in [6, 6.07) is 11.1. The molecule has 1 saturated carbocycles. The van der Waals surface area contributed by atoms with E-state index in [0.29, 0.717) is 37.8 Å². The van der Waals surface area contributed by atoms with Gasteiger partial charge in [0.2, 0.25) is 0 Å². The lowest BCUT2D eigenvalue weighted by molar-refractivity contribution is -0.143. The molecule has 1 atom stereocenters. The Morgan fingerprint density at radius 2 is 1.49 bits per heavy atom. The number of carbonyl (C=O) groups is 1. The molecule has 0 aliphatic heterocycles. The smallest absolute Gasteiger partial charge is 0.416 e. The minimum atomic E-state index is -4.92. The summed E-state index contributed by atoms with van der Waals surface area (Å²) in [6.07, 6.45) is -4.90. The molecule has 0 amide bonds. The van der Waals surface area contributed by atoms with Crippen LogP contribution in [0.1, 0.15) is 67.9 Å². The Morgan fingerprint density at radius 1 is 0.946 bits per heavy atom. The minimum absolute atomic E-state index is 0.117. The van der Waals surface area contributed by atoms with E-state index in [0.717, 1.165) is 5.56 Å². The molecule has 1 aliphatic rings. The molecule has 0 spiro atoms. The second-order valence-electron chi connectivity index (χ2n) is 9.95. The van der Waals surface area contributed by atoms with Gasteiger partial charge in [-0.15, -0.1) is 0 Å². The van der Waals surface area contributed by atoms with Crippen LogP contribution in [0, 0.1) is 5.41 Å². The number of halogens is 6. The molecular formula is C28H30F6O3. The first-order chi connectivity index (χ1) is 17.2. The van der Waals surface area contributed by atoms with Crippen molar-refractivity contribution in [2.75, 3.05) is 13.7 Å². The van der Waals surface area contributed by atoms with Crippen molar-refractivity contribution in [3.05, 3.63) is 82.9 Å². The number of benzene rings is 2. The van der Waals surface area contributed by atoms with Crippen molar-refractivity contribution in [3.8, 4) is 0 Å². The summed E-state index contributed by atoms with van der Waals surface area (Å²) in [7, 11) is 1.30. The Labute approximate surface area is 212 Å². The summed E-state index contributed by atoms with van der Waals surface area (Å²) in [5.41, 5.74) is -2.68. The van der Waals surface area contributed by atoms with Crippen molar-refractivity contribution in [1.82, 2.24) is 0 Å². The fraction of sp³-hybridized carbons (Fsp3) is 0.464. The maximum Gasteiger partial charge on any atom is 0.416 e. The van der Waals surface area contributed by atoms with Crippen LogP contribution in [0.2, 0.25) is 0 Å². The number of alkyl halides is 6. The average molecular weight is 529 g/mol. The van der Waals surface area contributed by atoms with Crippen LogP contribution in [0.5, 0.6) is 0 Å². The third kappa shape index (κ3) is 7.15. The highest BCUT2D eigenvalue weighted by atomic mass is 19.4. The summed E-state index contributed by atoms with van der Waals surface area (Å²) in [4.78, 5) is 11.6. The third-order valence-corrected chi connectivity index (χ3v) is 7.25. The Kier molecular flexibility index (Phi) is 8.47. The maximum absolute atomic E-state index is 13.3. The zero-order valence-electron chi connectivity index (χ0n) is 20.9. The molecule has 3 rings (SSSR count). The van der Waals surface area contributed by atoms with E-state index in [1.165, 1.54) is 20.1 Å². The van der Waals surface area contributed by atoms with Crippen LogP contribution in [-0.4, -0.2) is 19.7 Å². The van der Waals surface area contributed by atoms with E-state index in [2.05, 4.69) is 4.74 Å². The molecule has 0 N–H and O–H groups in total. The van der Waals surface area contributed by atoms with E-state index < -0.39 is 41.0 Å². The molecule has 0 aromatic heterocycles. The van der Waals surface area contributed by atoms with E-state index in [1.807, 2.05) is 43.3 Å². The van der Waals surface area contributed by atoms with Gasteiger partial charge in [-0.1, -0.05) is 43.3 Å². The van der Waals surface area contributed by atoms with E-state index in [1.54, 1.807) is 0 Å². The summed E-state index contributed by atoms with van der Waals surface area (Å²) < 4.78 is 90.6. The molecule has 202 valence electrons. The summed E-state index contributed by atoms with van der Waals surface area (Å²) >= 11 is 0. The van der Waals surface area contributed by atoms with Gasteiger partial charge in [0.25, 0.3) is 0 Å². The molecule has 2 aromatic carbocycles. The highest BCUT2D eigenvalue weighted by Gasteiger charge is 2.42. The van der Waals surface area contributed by atoms with Gasteiger partial charge in [-0.25, -0.2) is 4.79 Å². The molecule has 3 nitrogen and oxygen atoms in total. The molecular weight excluding hydrogens is 498 g/mol. The quantitative estimate of drug-likeness (QED) is 0.207. The molecule has 37 heavy (non-hydrogen) atoms. The third-order valence-electron chi connectivity index (χ3n) is 7.25. The topological polar surface area (TPSA) is 35.5 Å². The number of carbonyl (C=O) groups excluding carboxylic acids is 1. The van der Waals surface area contributed by atoms with E-state index in [-0.39, 0.29) is 23.7 Å². The fourth-order valence-electron chi connectivity index (χ4n) is 4.71. The van der Waals surface area contributed by atoms with Crippen LogP contribution in [0.15, 0.2) is 60.7 Å². The standard InChI is InChI=1S/C28H30F6O3/c1-19(20-15-22(27(29,30)31)17-23(16-20)28(32,33)34)37-18-26(21-7-5-4-6-8-21)13-11-25(2,12-14-26)10-9-24(35)36-3/h4-10,15-17,19H,11-14,18H2,1-3H3/b10-9+/t19-,25?,26?/m1/s1. The molecule has 2 aromatic rings. The second kappa shape index (κ2) is 10.9. The van der Waals surface area contributed by atoms with Crippen LogP contribution in [0.3, 0.4) is 0 Å². The first-order valence-electron chi connectivity index (χ1n) is 11.9. The summed E-state index contributed by atoms with van der Waals surface area (Å²) in [5, 5.41) is 0. The summed E-state index contributed by atoms with van der Waals surface area (Å²) in [5.74, 6) is -0.447. The molecule has 1 aliphatic carbocycles. The monoisotopic (exact) mass is 528 g/mol. The number of rotatable bonds is 7. The number of allylic oxidation sites excluding steroid dienone is 1. The van der Waals surface area contributed by atoms with Gasteiger partial charge in [-0.3, -0.25) is 0 Å². The van der Waals surface area contributed by atoms with Crippen molar-refractivity contribution in [1.29, 1.82) is 0 Å². The molecule has 0 heterocycles. The van der Waals surface area contributed by atoms with E-state index in [9.17, 15) is 31.1 Å². The van der Waals surface area contributed by atoms with Crippen LogP contribution < -0.4 is 0 Å². The zero-order valence-corrected chi connectivity index (χ0v) is 20.9.